The molecule has 0 aromatic heterocycles. The van der Waals surface area contributed by atoms with Crippen LogP contribution in [0.4, 0.5) is 10.1 Å². The normalized spacial score (nSPS) is 19.5. The van der Waals surface area contributed by atoms with Crippen LogP contribution >= 0.6 is 11.8 Å². The lowest BCUT2D eigenvalue weighted by Crippen LogP contribution is -2.43. The predicted octanol–water partition coefficient (Wildman–Crippen LogP) is 4.24. The van der Waals surface area contributed by atoms with E-state index in [4.69, 9.17) is 0 Å². The van der Waals surface area contributed by atoms with E-state index in [1.54, 1.807) is 0 Å². The van der Waals surface area contributed by atoms with Crippen LogP contribution in [0.2, 0.25) is 0 Å². The van der Waals surface area contributed by atoms with Gasteiger partial charge in [-0.05, 0) is 49.2 Å². The van der Waals surface area contributed by atoms with Crippen molar-refractivity contribution in [2.75, 3.05) is 5.75 Å². The van der Waals surface area contributed by atoms with E-state index in [2.05, 4.69) is 15.3 Å². The summed E-state index contributed by atoms with van der Waals surface area (Å²) in [6, 6.07) is 12.0. The lowest BCUT2D eigenvalue weighted by molar-refractivity contribution is -0.129. The van der Waals surface area contributed by atoms with E-state index in [1.165, 1.54) is 35.6 Å². The molecule has 1 unspecified atom stereocenters. The predicted molar refractivity (Wildman–Crippen MR) is 134 cm³/mol. The Morgan fingerprint density at radius 2 is 1.80 bits per heavy atom. The zero-order valence-electron chi connectivity index (χ0n) is 19.1. The zero-order valence-corrected chi connectivity index (χ0v) is 19.9. The average molecular weight is 493 g/mol. The fourth-order valence-electron chi connectivity index (χ4n) is 4.59. The van der Waals surface area contributed by atoms with E-state index >= 15 is 0 Å². The van der Waals surface area contributed by atoms with Gasteiger partial charge in [0.1, 0.15) is 17.7 Å². The highest BCUT2D eigenvalue weighted by Crippen LogP contribution is 2.34. The van der Waals surface area contributed by atoms with E-state index in [0.29, 0.717) is 27.8 Å². The molecule has 0 radical (unpaired) electrons. The molecule has 1 aliphatic carbocycles. The minimum Gasteiger partial charge on any atom is -0.353 e. The van der Waals surface area contributed by atoms with Crippen molar-refractivity contribution >= 4 is 46.1 Å². The van der Waals surface area contributed by atoms with Gasteiger partial charge in [-0.15, -0.1) is 0 Å². The fourth-order valence-corrected chi connectivity index (χ4v) is 5.49. The molecule has 1 atom stereocenters. The summed E-state index contributed by atoms with van der Waals surface area (Å²) in [7, 11) is 0. The SMILES string of the molecule is O=C(CC1N=C2c3ccccc3N=C(SCC(=O)c3ccc(F)cc3)N2C1=O)NC1CCCCC1. The molecule has 2 heterocycles. The molecule has 2 aromatic rings. The third-order valence-electron chi connectivity index (χ3n) is 6.40. The third kappa shape index (κ3) is 5.05. The number of fused-ring (bicyclic) bond motifs is 3. The molecule has 2 aromatic carbocycles. The van der Waals surface area contributed by atoms with Crippen molar-refractivity contribution in [3.8, 4) is 0 Å². The van der Waals surface area contributed by atoms with Gasteiger partial charge in [0.2, 0.25) is 5.91 Å². The second-order valence-electron chi connectivity index (χ2n) is 8.88. The maximum Gasteiger partial charge on any atom is 0.259 e. The molecule has 180 valence electrons. The first kappa shape index (κ1) is 23.4. The summed E-state index contributed by atoms with van der Waals surface area (Å²) >= 11 is 1.13. The highest BCUT2D eigenvalue weighted by atomic mass is 32.2. The molecule has 1 saturated carbocycles. The number of carbonyl (C=O) groups excluding carboxylic acids is 3. The van der Waals surface area contributed by atoms with Gasteiger partial charge in [0, 0.05) is 17.2 Å². The number of thioether (sulfide) groups is 1. The Labute approximate surface area is 206 Å². The quantitative estimate of drug-likeness (QED) is 0.611. The minimum atomic E-state index is -0.835. The first-order valence-corrected chi connectivity index (χ1v) is 12.8. The van der Waals surface area contributed by atoms with Crippen LogP contribution in [0, 0.1) is 5.82 Å². The van der Waals surface area contributed by atoms with Crippen LogP contribution in [0.1, 0.15) is 54.4 Å². The van der Waals surface area contributed by atoms with Crippen molar-refractivity contribution in [2.45, 2.75) is 50.6 Å². The number of ketones is 1. The van der Waals surface area contributed by atoms with Crippen molar-refractivity contribution in [1.82, 2.24) is 10.2 Å². The molecule has 0 saturated heterocycles. The van der Waals surface area contributed by atoms with Gasteiger partial charge in [-0.1, -0.05) is 43.2 Å². The number of para-hydroxylation sites is 1. The Morgan fingerprint density at radius 1 is 1.06 bits per heavy atom. The number of nitrogens with zero attached hydrogens (tertiary/aromatic N) is 3. The Morgan fingerprint density at radius 3 is 2.57 bits per heavy atom. The number of rotatable bonds is 6. The van der Waals surface area contributed by atoms with Crippen LogP contribution in [-0.4, -0.2) is 51.3 Å². The Bertz CT molecular complexity index is 1220. The molecule has 1 N–H and O–H groups in total. The maximum absolute atomic E-state index is 13.4. The topological polar surface area (TPSA) is 91.2 Å². The van der Waals surface area contributed by atoms with Gasteiger partial charge in [0.05, 0.1) is 17.9 Å². The number of benzene rings is 2. The van der Waals surface area contributed by atoms with Crippen molar-refractivity contribution in [1.29, 1.82) is 0 Å². The van der Waals surface area contributed by atoms with Crippen LogP contribution in [0.5, 0.6) is 0 Å². The summed E-state index contributed by atoms with van der Waals surface area (Å²) in [6.07, 6.45) is 5.31. The molecule has 0 bridgehead atoms. The molecule has 3 aliphatic rings. The summed E-state index contributed by atoms with van der Waals surface area (Å²) in [4.78, 5) is 49.3. The van der Waals surface area contributed by atoms with Gasteiger partial charge in [-0.25, -0.2) is 14.3 Å². The number of hydrogen-bond acceptors (Lipinski definition) is 6. The van der Waals surface area contributed by atoms with E-state index in [0.717, 1.165) is 37.4 Å². The highest BCUT2D eigenvalue weighted by Gasteiger charge is 2.42. The lowest BCUT2D eigenvalue weighted by atomic mass is 9.95. The molecule has 9 heteroatoms. The third-order valence-corrected chi connectivity index (χ3v) is 7.33. The van der Waals surface area contributed by atoms with Gasteiger partial charge in [-0.3, -0.25) is 19.4 Å². The molecular weight excluding hydrogens is 467 g/mol. The van der Waals surface area contributed by atoms with Crippen LogP contribution < -0.4 is 5.32 Å². The van der Waals surface area contributed by atoms with Gasteiger partial charge < -0.3 is 5.32 Å². The molecule has 0 spiro atoms. The standard InChI is InChI=1S/C26H25FN4O3S/c27-17-12-10-16(11-13-17)22(32)15-35-26-30-20-9-5-4-8-19(20)24-29-21(25(34)31(24)26)14-23(33)28-18-6-2-1-3-7-18/h4-5,8-13,18,21H,1-3,6-7,14-15H2,(H,28,33). The molecule has 7 nitrogen and oxygen atoms in total. The van der Waals surface area contributed by atoms with Crippen LogP contribution in [0.15, 0.2) is 58.5 Å². The zero-order chi connectivity index (χ0) is 24.4. The number of amides is 2. The second kappa shape index (κ2) is 10.1. The van der Waals surface area contributed by atoms with Crippen LogP contribution in [0.3, 0.4) is 0 Å². The summed E-state index contributed by atoms with van der Waals surface area (Å²) in [5.41, 5.74) is 1.75. The number of Topliss-reactive ketones (excluding diaryl/α,β-unsaturated/α-hetero) is 1. The van der Waals surface area contributed by atoms with Gasteiger partial charge >= 0.3 is 0 Å². The van der Waals surface area contributed by atoms with Gasteiger partial charge in [0.15, 0.2) is 11.0 Å². The van der Waals surface area contributed by atoms with Gasteiger partial charge in [0.25, 0.3) is 5.91 Å². The first-order valence-electron chi connectivity index (χ1n) is 11.8. The molecule has 2 amide bonds. The molecule has 35 heavy (non-hydrogen) atoms. The van der Waals surface area contributed by atoms with Crippen LogP contribution in [0.25, 0.3) is 0 Å². The van der Waals surface area contributed by atoms with E-state index < -0.39 is 11.9 Å². The van der Waals surface area contributed by atoms with Crippen molar-refractivity contribution in [3.05, 3.63) is 65.5 Å². The molecular formula is C26H25FN4O3S. The second-order valence-corrected chi connectivity index (χ2v) is 9.82. The Kier molecular flexibility index (Phi) is 6.77. The number of nitrogens with one attached hydrogen (secondary N) is 1. The average Bonchev–Trinajstić information content (AvgIpc) is 3.19. The molecule has 1 fully saturated rings. The number of halogens is 1. The first-order chi connectivity index (χ1) is 17.0. The van der Waals surface area contributed by atoms with Gasteiger partial charge in [-0.2, -0.15) is 0 Å². The fraction of sp³-hybridized carbons (Fsp3) is 0.346. The lowest BCUT2D eigenvalue weighted by Gasteiger charge is -2.25. The number of hydrogen-bond donors (Lipinski definition) is 1. The van der Waals surface area contributed by atoms with Crippen molar-refractivity contribution < 1.29 is 18.8 Å². The largest absolute Gasteiger partial charge is 0.353 e. The Hall–Kier alpha value is -3.33. The summed E-state index contributed by atoms with van der Waals surface area (Å²) in [6.45, 7) is 0. The Balaban J connectivity index is 1.33. The van der Waals surface area contributed by atoms with Crippen molar-refractivity contribution in [3.63, 3.8) is 0 Å². The molecule has 2 aliphatic heterocycles. The minimum absolute atomic E-state index is 0.0239. The van der Waals surface area contributed by atoms with Crippen molar-refractivity contribution in [2.24, 2.45) is 9.98 Å². The van der Waals surface area contributed by atoms with Crippen LogP contribution in [-0.2, 0) is 9.59 Å². The number of aliphatic imine (C=N–C) groups is 2. The smallest absolute Gasteiger partial charge is 0.259 e. The number of amidine groups is 2. The maximum atomic E-state index is 13.4. The summed E-state index contributed by atoms with van der Waals surface area (Å²) in [5, 5.41) is 3.40. The molecule has 5 rings (SSSR count). The number of carbonyl (C=O) groups is 3. The summed E-state index contributed by atoms with van der Waals surface area (Å²) < 4.78 is 13.2. The van der Waals surface area contributed by atoms with E-state index in [9.17, 15) is 18.8 Å². The highest BCUT2D eigenvalue weighted by molar-refractivity contribution is 8.14. The summed E-state index contributed by atoms with van der Waals surface area (Å²) in [5.74, 6) is -0.641. The van der Waals surface area contributed by atoms with E-state index in [1.807, 2.05) is 24.3 Å². The van der Waals surface area contributed by atoms with E-state index in [-0.39, 0.29) is 35.8 Å². The monoisotopic (exact) mass is 492 g/mol.